The predicted octanol–water partition coefficient (Wildman–Crippen LogP) is 5.20. The van der Waals surface area contributed by atoms with Gasteiger partial charge in [-0.05, 0) is 28.1 Å². The molecule has 0 radical (unpaired) electrons. The van der Waals surface area contributed by atoms with Gasteiger partial charge in [-0.2, -0.15) is 26.3 Å². The average molecular weight is 410 g/mol. The summed E-state index contributed by atoms with van der Waals surface area (Å²) in [5.74, 6) is -1.15. The van der Waals surface area contributed by atoms with Gasteiger partial charge >= 0.3 is 12.4 Å². The van der Waals surface area contributed by atoms with Crippen LogP contribution in [0.25, 0.3) is 16.8 Å². The van der Waals surface area contributed by atoms with Crippen LogP contribution in [-0.4, -0.2) is 14.4 Å². The van der Waals surface area contributed by atoms with Crippen LogP contribution in [-0.2, 0) is 12.4 Å². The van der Waals surface area contributed by atoms with Gasteiger partial charge < -0.3 is 0 Å². The van der Waals surface area contributed by atoms with Gasteiger partial charge in [0, 0.05) is 11.8 Å². The largest absolute Gasteiger partial charge is 0.450 e. The molecule has 0 N–H and O–H groups in total. The number of benzene rings is 1. The van der Waals surface area contributed by atoms with Gasteiger partial charge in [-0.25, -0.2) is 4.98 Å². The molecule has 0 aliphatic rings. The van der Waals surface area contributed by atoms with Gasteiger partial charge in [0.1, 0.15) is 4.60 Å². The van der Waals surface area contributed by atoms with Crippen molar-refractivity contribution in [3.05, 3.63) is 52.7 Å². The molecule has 10 heteroatoms. The van der Waals surface area contributed by atoms with Crippen molar-refractivity contribution in [1.29, 1.82) is 0 Å². The fraction of sp³-hybridized carbons (Fsp3) is 0.143. The molecule has 2 heterocycles. The molecule has 126 valence electrons. The molecular formula is C14H6BrF6N3. The van der Waals surface area contributed by atoms with Gasteiger partial charge in [0.25, 0.3) is 0 Å². The summed E-state index contributed by atoms with van der Waals surface area (Å²) in [4.78, 5) is 7.39. The lowest BCUT2D eigenvalue weighted by Gasteiger charge is -2.09. The summed E-state index contributed by atoms with van der Waals surface area (Å²) in [5.41, 5.74) is -0.416. The topological polar surface area (TPSA) is 30.2 Å². The molecule has 0 spiro atoms. The third-order valence-electron chi connectivity index (χ3n) is 3.24. The molecular weight excluding hydrogens is 404 g/mol. The van der Waals surface area contributed by atoms with Crippen molar-refractivity contribution in [1.82, 2.24) is 14.4 Å². The van der Waals surface area contributed by atoms with Crippen molar-refractivity contribution in [3.63, 3.8) is 0 Å². The molecule has 0 unspecified atom stereocenters. The fourth-order valence-corrected chi connectivity index (χ4v) is 2.59. The van der Waals surface area contributed by atoms with Gasteiger partial charge in [-0.15, -0.1) is 0 Å². The first-order chi connectivity index (χ1) is 11.1. The Bertz CT molecular complexity index is 896. The molecule has 0 aliphatic carbocycles. The molecule has 0 saturated heterocycles. The van der Waals surface area contributed by atoms with Crippen LogP contribution in [0.2, 0.25) is 0 Å². The maximum absolute atomic E-state index is 13.0. The van der Waals surface area contributed by atoms with E-state index in [1.54, 1.807) is 0 Å². The zero-order valence-electron chi connectivity index (χ0n) is 11.5. The second kappa shape index (κ2) is 5.47. The number of alkyl halides is 6. The number of halogens is 7. The first-order valence-electron chi connectivity index (χ1n) is 6.36. The molecule has 3 aromatic rings. The molecule has 0 amide bonds. The van der Waals surface area contributed by atoms with Crippen molar-refractivity contribution in [2.75, 3.05) is 0 Å². The Labute approximate surface area is 139 Å². The highest BCUT2D eigenvalue weighted by molar-refractivity contribution is 9.10. The molecule has 24 heavy (non-hydrogen) atoms. The Morgan fingerprint density at radius 3 is 2.08 bits per heavy atom. The minimum absolute atomic E-state index is 0.0266. The summed E-state index contributed by atoms with van der Waals surface area (Å²) < 4.78 is 77.4. The smallest absolute Gasteiger partial charge is 0.291 e. The summed E-state index contributed by atoms with van der Waals surface area (Å²) >= 11 is 2.93. The van der Waals surface area contributed by atoms with E-state index in [0.29, 0.717) is 0 Å². The Morgan fingerprint density at radius 2 is 1.54 bits per heavy atom. The highest BCUT2D eigenvalue weighted by atomic mass is 79.9. The molecule has 0 bridgehead atoms. The molecule has 0 saturated carbocycles. The third-order valence-corrected chi connectivity index (χ3v) is 3.83. The average Bonchev–Trinajstić information content (AvgIpc) is 2.83. The third kappa shape index (κ3) is 2.97. The summed E-state index contributed by atoms with van der Waals surface area (Å²) in [5, 5.41) is 0. The molecule has 2 aromatic heterocycles. The van der Waals surface area contributed by atoms with Crippen LogP contribution >= 0.6 is 15.9 Å². The van der Waals surface area contributed by atoms with Crippen LogP contribution in [0.5, 0.6) is 0 Å². The van der Waals surface area contributed by atoms with E-state index in [0.717, 1.165) is 34.9 Å². The van der Waals surface area contributed by atoms with Crippen molar-refractivity contribution in [3.8, 4) is 11.3 Å². The van der Waals surface area contributed by atoms with E-state index in [1.807, 2.05) is 0 Å². The molecule has 0 fully saturated rings. The van der Waals surface area contributed by atoms with E-state index < -0.39 is 23.7 Å². The maximum Gasteiger partial charge on any atom is 0.450 e. The van der Waals surface area contributed by atoms with Crippen LogP contribution in [0.1, 0.15) is 11.4 Å². The molecule has 3 nitrogen and oxygen atoms in total. The first-order valence-corrected chi connectivity index (χ1v) is 7.15. The standard InChI is InChI=1S/C14H6BrF6N3/c15-11-10-5-22-9(6-24(10)12(23-11)14(19,20)21)7-1-3-8(4-2-7)13(16,17)18/h1-6H. The number of imidazole rings is 1. The summed E-state index contributed by atoms with van der Waals surface area (Å²) in [6.07, 6.45) is -6.93. The molecule has 0 atom stereocenters. The quantitative estimate of drug-likeness (QED) is 0.517. The number of nitrogens with zero attached hydrogens (tertiary/aromatic N) is 3. The predicted molar refractivity (Wildman–Crippen MR) is 76.1 cm³/mol. The number of fused-ring (bicyclic) bond motifs is 1. The summed E-state index contributed by atoms with van der Waals surface area (Å²) in [6.45, 7) is 0. The molecule has 1 aromatic carbocycles. The van der Waals surface area contributed by atoms with Crippen LogP contribution in [0.15, 0.2) is 41.3 Å². The van der Waals surface area contributed by atoms with Crippen LogP contribution in [0, 0.1) is 0 Å². The van der Waals surface area contributed by atoms with Gasteiger partial charge in [0.15, 0.2) is 0 Å². The summed E-state index contributed by atoms with van der Waals surface area (Å²) in [6, 6.07) is 3.98. The highest BCUT2D eigenvalue weighted by Gasteiger charge is 2.37. The summed E-state index contributed by atoms with van der Waals surface area (Å²) in [7, 11) is 0. The number of rotatable bonds is 1. The fourth-order valence-electron chi connectivity index (χ4n) is 2.13. The van der Waals surface area contributed by atoms with Crippen molar-refractivity contribution >= 4 is 21.4 Å². The van der Waals surface area contributed by atoms with Gasteiger partial charge in [-0.3, -0.25) is 9.38 Å². The van der Waals surface area contributed by atoms with Crippen molar-refractivity contribution < 1.29 is 26.3 Å². The van der Waals surface area contributed by atoms with Crippen LogP contribution < -0.4 is 0 Å². The van der Waals surface area contributed by atoms with Gasteiger partial charge in [0.05, 0.1) is 23.0 Å². The second-order valence-electron chi connectivity index (χ2n) is 4.83. The zero-order valence-corrected chi connectivity index (χ0v) is 13.0. The number of aromatic nitrogens is 3. The lowest BCUT2D eigenvalue weighted by Crippen LogP contribution is -2.11. The zero-order chi connectivity index (χ0) is 17.7. The lowest BCUT2D eigenvalue weighted by molar-refractivity contribution is -0.145. The first kappa shape index (κ1) is 16.7. The van der Waals surface area contributed by atoms with E-state index >= 15 is 0 Å². The maximum atomic E-state index is 13.0. The lowest BCUT2D eigenvalue weighted by atomic mass is 10.1. The van der Waals surface area contributed by atoms with Gasteiger partial charge in [-0.1, -0.05) is 12.1 Å². The van der Waals surface area contributed by atoms with E-state index in [4.69, 9.17) is 0 Å². The molecule has 0 aliphatic heterocycles. The Balaban J connectivity index is 2.11. The number of hydrogen-bond acceptors (Lipinski definition) is 2. The van der Waals surface area contributed by atoms with Crippen molar-refractivity contribution in [2.24, 2.45) is 0 Å². The highest BCUT2D eigenvalue weighted by Crippen LogP contribution is 2.34. The van der Waals surface area contributed by atoms with Crippen molar-refractivity contribution in [2.45, 2.75) is 12.4 Å². The Morgan fingerprint density at radius 1 is 0.917 bits per heavy atom. The Hall–Kier alpha value is -2.10. The van der Waals surface area contributed by atoms with E-state index in [9.17, 15) is 26.3 Å². The van der Waals surface area contributed by atoms with E-state index in [-0.39, 0.29) is 21.4 Å². The normalized spacial score (nSPS) is 12.8. The number of hydrogen-bond donors (Lipinski definition) is 0. The van der Waals surface area contributed by atoms with Gasteiger partial charge in [0.2, 0.25) is 5.82 Å². The Kier molecular flexibility index (Phi) is 3.82. The minimum Gasteiger partial charge on any atom is -0.291 e. The second-order valence-corrected chi connectivity index (χ2v) is 5.58. The van der Waals surface area contributed by atoms with Crippen LogP contribution in [0.3, 0.4) is 0 Å². The molecule has 3 rings (SSSR count). The van der Waals surface area contributed by atoms with E-state index in [2.05, 4.69) is 25.9 Å². The monoisotopic (exact) mass is 409 g/mol. The minimum atomic E-state index is -4.69. The van der Waals surface area contributed by atoms with E-state index in [1.165, 1.54) is 6.20 Å². The SMILES string of the molecule is FC(F)(F)c1ccc(-c2cn3c(C(F)(F)F)nc(Br)c3cn2)cc1. The van der Waals surface area contributed by atoms with Crippen LogP contribution in [0.4, 0.5) is 26.3 Å².